The minimum atomic E-state index is -1.29. The van der Waals surface area contributed by atoms with Gasteiger partial charge in [-0.05, 0) is 34.9 Å². The van der Waals surface area contributed by atoms with E-state index in [0.717, 1.165) is 22.3 Å². The number of rotatable bonds is 9. The number of cyclic esters (lactones) is 1. The summed E-state index contributed by atoms with van der Waals surface area (Å²) in [5.41, 5.74) is 2.20. The summed E-state index contributed by atoms with van der Waals surface area (Å²) in [6.07, 6.45) is 3.82. The zero-order chi connectivity index (χ0) is 25.5. The van der Waals surface area contributed by atoms with E-state index in [-0.39, 0.29) is 18.1 Å². The Morgan fingerprint density at radius 2 is 1.35 bits per heavy atom. The maximum atomic E-state index is 13.8. The summed E-state index contributed by atoms with van der Waals surface area (Å²) >= 11 is 0. The molecular weight excluding hydrogens is 458 g/mol. The zero-order valence-corrected chi connectivity index (χ0v) is 20.4. The summed E-state index contributed by atoms with van der Waals surface area (Å²) in [6, 6.07) is 38.6. The molecule has 4 aromatic rings. The lowest BCUT2D eigenvalue weighted by Gasteiger charge is -2.31. The summed E-state index contributed by atoms with van der Waals surface area (Å²) in [7, 11) is 0. The first-order valence-corrected chi connectivity index (χ1v) is 12.4. The van der Waals surface area contributed by atoms with E-state index >= 15 is 0 Å². The fourth-order valence-corrected chi connectivity index (χ4v) is 4.76. The normalized spacial score (nSPS) is 17.8. The van der Waals surface area contributed by atoms with Gasteiger partial charge in [0.2, 0.25) is 5.90 Å². The largest absolute Gasteiger partial charge is 0.405 e. The second kappa shape index (κ2) is 11.0. The van der Waals surface area contributed by atoms with E-state index in [2.05, 4.69) is 0 Å². The molecule has 182 valence electrons. The monoisotopic (exact) mass is 485 g/mol. The molecule has 0 bridgehead atoms. The van der Waals surface area contributed by atoms with Crippen molar-refractivity contribution < 1.29 is 14.3 Å². The molecule has 0 unspecified atom stereocenters. The summed E-state index contributed by atoms with van der Waals surface area (Å²) < 4.78 is 5.83. The zero-order valence-electron chi connectivity index (χ0n) is 20.4. The van der Waals surface area contributed by atoms with Crippen molar-refractivity contribution in [2.45, 2.75) is 24.3 Å². The highest BCUT2D eigenvalue weighted by molar-refractivity contribution is 6.09. The molecule has 5 rings (SSSR count). The van der Waals surface area contributed by atoms with Gasteiger partial charge in [0.05, 0.1) is 0 Å². The van der Waals surface area contributed by atoms with Gasteiger partial charge in [0.25, 0.3) is 0 Å². The minimum absolute atomic E-state index is 0.0821. The SMILES string of the molecule is O=C(/C=C/c1ccccc1)C[C@@H](c1ccccc1)[C@]1(Cc2ccccc2)N=C(c2ccccc2)OC1=O. The van der Waals surface area contributed by atoms with Gasteiger partial charge in [0.15, 0.2) is 11.3 Å². The van der Waals surface area contributed by atoms with Crippen LogP contribution >= 0.6 is 0 Å². The molecule has 0 aliphatic carbocycles. The van der Waals surface area contributed by atoms with Crippen LogP contribution in [0.2, 0.25) is 0 Å². The first-order valence-electron chi connectivity index (χ1n) is 12.4. The van der Waals surface area contributed by atoms with Crippen LogP contribution in [0, 0.1) is 0 Å². The molecule has 0 amide bonds. The summed E-state index contributed by atoms with van der Waals surface area (Å²) in [5.74, 6) is -0.754. The van der Waals surface area contributed by atoms with E-state index in [1.54, 1.807) is 12.2 Å². The predicted molar refractivity (Wildman–Crippen MR) is 146 cm³/mol. The van der Waals surface area contributed by atoms with Crippen LogP contribution in [0.1, 0.15) is 34.6 Å². The van der Waals surface area contributed by atoms with Gasteiger partial charge in [0, 0.05) is 24.3 Å². The van der Waals surface area contributed by atoms with E-state index < -0.39 is 17.4 Å². The first kappa shape index (κ1) is 24.1. The smallest absolute Gasteiger partial charge is 0.341 e. The summed E-state index contributed by atoms with van der Waals surface area (Å²) in [4.78, 5) is 32.1. The molecule has 0 aromatic heterocycles. The number of esters is 1. The number of ether oxygens (including phenoxy) is 1. The molecule has 0 spiro atoms. The Morgan fingerprint density at radius 3 is 2.00 bits per heavy atom. The lowest BCUT2D eigenvalue weighted by atomic mass is 9.73. The Balaban J connectivity index is 1.58. The number of allylic oxidation sites excluding steroid dienone is 1. The van der Waals surface area contributed by atoms with Crippen molar-refractivity contribution >= 4 is 23.7 Å². The van der Waals surface area contributed by atoms with Crippen molar-refractivity contribution in [1.82, 2.24) is 0 Å². The van der Waals surface area contributed by atoms with Gasteiger partial charge >= 0.3 is 5.97 Å². The molecular formula is C33H27NO3. The summed E-state index contributed by atoms with van der Waals surface area (Å²) in [5, 5.41) is 0. The molecule has 37 heavy (non-hydrogen) atoms. The van der Waals surface area contributed by atoms with Gasteiger partial charge in [-0.15, -0.1) is 0 Å². The molecule has 4 aromatic carbocycles. The molecule has 0 N–H and O–H groups in total. The molecule has 4 heteroatoms. The fourth-order valence-electron chi connectivity index (χ4n) is 4.76. The standard InChI is InChI=1S/C33H27NO3/c35-29(22-21-25-13-5-1-6-14-25)23-30(27-17-9-3-10-18-27)33(24-26-15-7-2-8-16-26)32(36)37-31(34-33)28-19-11-4-12-20-28/h1-22,30H,23-24H2/b22-21+/t30-,33-/m0/s1. The number of ketones is 1. The van der Waals surface area contributed by atoms with Crippen LogP contribution < -0.4 is 0 Å². The van der Waals surface area contributed by atoms with Gasteiger partial charge < -0.3 is 4.74 Å². The number of hydrogen-bond acceptors (Lipinski definition) is 4. The highest BCUT2D eigenvalue weighted by Gasteiger charge is 2.53. The maximum Gasteiger partial charge on any atom is 0.341 e. The molecule has 0 saturated heterocycles. The van der Waals surface area contributed by atoms with E-state index in [1.807, 2.05) is 121 Å². The van der Waals surface area contributed by atoms with Crippen LogP contribution in [0.25, 0.3) is 6.08 Å². The van der Waals surface area contributed by atoms with E-state index in [4.69, 9.17) is 9.73 Å². The van der Waals surface area contributed by atoms with Crippen molar-refractivity contribution in [2.75, 3.05) is 0 Å². The van der Waals surface area contributed by atoms with Crippen molar-refractivity contribution in [1.29, 1.82) is 0 Å². The van der Waals surface area contributed by atoms with Crippen LogP contribution in [0.4, 0.5) is 0 Å². The molecule has 0 radical (unpaired) electrons. The second-order valence-corrected chi connectivity index (χ2v) is 9.14. The Labute approximate surface area is 217 Å². The maximum absolute atomic E-state index is 13.8. The van der Waals surface area contributed by atoms with Crippen LogP contribution in [-0.4, -0.2) is 23.2 Å². The van der Waals surface area contributed by atoms with E-state index in [9.17, 15) is 9.59 Å². The fraction of sp³-hybridized carbons (Fsp3) is 0.121. The van der Waals surface area contributed by atoms with E-state index in [0.29, 0.717) is 6.42 Å². The van der Waals surface area contributed by atoms with Crippen LogP contribution in [0.3, 0.4) is 0 Å². The second-order valence-electron chi connectivity index (χ2n) is 9.14. The van der Waals surface area contributed by atoms with Crippen LogP contribution in [0.15, 0.2) is 132 Å². The summed E-state index contributed by atoms with van der Waals surface area (Å²) in [6.45, 7) is 0. The van der Waals surface area contributed by atoms with Crippen molar-refractivity contribution in [3.63, 3.8) is 0 Å². The lowest BCUT2D eigenvalue weighted by molar-refractivity contribution is -0.140. The molecule has 0 saturated carbocycles. The minimum Gasteiger partial charge on any atom is -0.405 e. The van der Waals surface area contributed by atoms with Crippen LogP contribution in [0.5, 0.6) is 0 Å². The van der Waals surface area contributed by atoms with Gasteiger partial charge in [-0.1, -0.05) is 115 Å². The third-order valence-corrected chi connectivity index (χ3v) is 6.63. The molecule has 0 fully saturated rings. The third-order valence-electron chi connectivity index (χ3n) is 6.63. The third kappa shape index (κ3) is 5.49. The van der Waals surface area contributed by atoms with Crippen LogP contribution in [-0.2, 0) is 20.7 Å². The Morgan fingerprint density at radius 1 is 0.784 bits per heavy atom. The first-order chi connectivity index (χ1) is 18.1. The number of carbonyl (C=O) groups is 2. The Hall–Kier alpha value is -4.57. The topological polar surface area (TPSA) is 55.7 Å². The van der Waals surface area contributed by atoms with Gasteiger partial charge in [-0.2, -0.15) is 0 Å². The van der Waals surface area contributed by atoms with Gasteiger partial charge in [-0.3, -0.25) is 4.79 Å². The molecule has 2 atom stereocenters. The number of nitrogens with zero attached hydrogens (tertiary/aromatic N) is 1. The quantitative estimate of drug-likeness (QED) is 0.203. The predicted octanol–water partition coefficient (Wildman–Crippen LogP) is 6.43. The molecule has 4 nitrogen and oxygen atoms in total. The molecule has 1 aliphatic heterocycles. The van der Waals surface area contributed by atoms with Gasteiger partial charge in [0.1, 0.15) is 0 Å². The lowest BCUT2D eigenvalue weighted by Crippen LogP contribution is -2.43. The number of benzene rings is 4. The van der Waals surface area contributed by atoms with E-state index in [1.165, 1.54) is 0 Å². The Kier molecular flexibility index (Phi) is 7.18. The average molecular weight is 486 g/mol. The highest BCUT2D eigenvalue weighted by atomic mass is 16.6. The number of aliphatic imine (C=N–C) groups is 1. The van der Waals surface area contributed by atoms with Crippen molar-refractivity contribution in [2.24, 2.45) is 4.99 Å². The number of hydrogen-bond donors (Lipinski definition) is 0. The molecule has 1 aliphatic rings. The van der Waals surface area contributed by atoms with Crippen molar-refractivity contribution in [3.05, 3.63) is 150 Å². The van der Waals surface area contributed by atoms with Gasteiger partial charge in [-0.25, -0.2) is 9.79 Å². The molecule has 1 heterocycles. The average Bonchev–Trinajstić information content (AvgIpc) is 3.29. The number of carbonyl (C=O) groups excluding carboxylic acids is 2. The van der Waals surface area contributed by atoms with Crippen molar-refractivity contribution in [3.8, 4) is 0 Å². The Bertz CT molecular complexity index is 1410. The highest BCUT2D eigenvalue weighted by Crippen LogP contribution is 2.42.